The molecule has 0 aromatic heterocycles. The second-order valence-electron chi connectivity index (χ2n) is 6.17. The Kier molecular flexibility index (Phi) is 7.20. The molecule has 0 spiro atoms. The minimum absolute atomic E-state index is 0. The Morgan fingerprint density at radius 1 is 1.00 bits per heavy atom. The lowest BCUT2D eigenvalue weighted by molar-refractivity contribution is 0.0766. The number of benzene rings is 2. The lowest BCUT2D eigenvalue weighted by atomic mass is 10.2. The normalized spacial score (nSPS) is 15.0. The number of nitrogens with zero attached hydrogens (tertiary/aromatic N) is 1. The summed E-state index contributed by atoms with van der Waals surface area (Å²) >= 11 is 0. The standard InChI is InChI=1S/C19H22N2O3S.ClH/c22-19(21-12-5-10-20-11-13-21)17-8-4-9-18(14-17)25(23,24)15-16-6-2-1-3-7-16;/h1-4,6-9,14,20H,5,10-13,15H2;1H. The largest absolute Gasteiger partial charge is 0.337 e. The Morgan fingerprint density at radius 3 is 2.54 bits per heavy atom. The maximum Gasteiger partial charge on any atom is 0.253 e. The van der Waals surface area contributed by atoms with E-state index >= 15 is 0 Å². The summed E-state index contributed by atoms with van der Waals surface area (Å²) in [6.45, 7) is 2.99. The maximum absolute atomic E-state index is 12.7. The summed E-state index contributed by atoms with van der Waals surface area (Å²) in [5.74, 6) is -0.181. The maximum atomic E-state index is 12.7. The van der Waals surface area contributed by atoms with Gasteiger partial charge in [-0.3, -0.25) is 4.79 Å². The molecule has 1 amide bonds. The van der Waals surface area contributed by atoms with Gasteiger partial charge >= 0.3 is 0 Å². The minimum Gasteiger partial charge on any atom is -0.337 e. The highest BCUT2D eigenvalue weighted by Gasteiger charge is 2.20. The predicted molar refractivity (Wildman–Crippen MR) is 104 cm³/mol. The number of carbonyl (C=O) groups excluding carboxylic acids is 1. The third kappa shape index (κ3) is 5.06. The first kappa shape index (κ1) is 20.4. The summed E-state index contributed by atoms with van der Waals surface area (Å²) in [5.41, 5.74) is 1.16. The van der Waals surface area contributed by atoms with E-state index in [1.165, 1.54) is 6.07 Å². The summed E-state index contributed by atoms with van der Waals surface area (Å²) in [5, 5.41) is 3.26. The van der Waals surface area contributed by atoms with Crippen molar-refractivity contribution in [2.75, 3.05) is 26.2 Å². The third-order valence-electron chi connectivity index (χ3n) is 4.27. The van der Waals surface area contributed by atoms with Crippen LogP contribution in [0.25, 0.3) is 0 Å². The molecule has 7 heteroatoms. The summed E-state index contributed by atoms with van der Waals surface area (Å²) in [6.07, 6.45) is 0.901. The zero-order valence-electron chi connectivity index (χ0n) is 14.4. The number of hydrogen-bond acceptors (Lipinski definition) is 4. The van der Waals surface area contributed by atoms with Gasteiger partial charge in [0.05, 0.1) is 10.6 Å². The molecule has 0 radical (unpaired) electrons. The molecule has 1 saturated heterocycles. The molecular formula is C19H23ClN2O3S. The number of sulfone groups is 1. The Bertz CT molecular complexity index is 833. The smallest absolute Gasteiger partial charge is 0.253 e. The van der Waals surface area contributed by atoms with Crippen molar-refractivity contribution in [3.63, 3.8) is 0 Å². The number of hydrogen-bond donors (Lipinski definition) is 1. The molecule has 0 saturated carbocycles. The highest BCUT2D eigenvalue weighted by molar-refractivity contribution is 7.90. The molecule has 1 aliphatic rings. The Balaban J connectivity index is 0.00000243. The van der Waals surface area contributed by atoms with Crippen LogP contribution in [0, 0.1) is 0 Å². The molecule has 2 aromatic rings. The minimum atomic E-state index is -3.49. The summed E-state index contributed by atoms with van der Waals surface area (Å²) in [6, 6.07) is 15.4. The van der Waals surface area contributed by atoms with Crippen LogP contribution in [0.15, 0.2) is 59.5 Å². The fraction of sp³-hybridized carbons (Fsp3) is 0.316. The molecule has 0 bridgehead atoms. The molecular weight excluding hydrogens is 372 g/mol. The van der Waals surface area contributed by atoms with Crippen molar-refractivity contribution in [2.45, 2.75) is 17.1 Å². The highest BCUT2D eigenvalue weighted by atomic mass is 35.5. The fourth-order valence-electron chi connectivity index (χ4n) is 2.93. The molecule has 5 nitrogen and oxygen atoms in total. The van der Waals surface area contributed by atoms with Crippen LogP contribution in [-0.4, -0.2) is 45.4 Å². The molecule has 3 rings (SSSR count). The van der Waals surface area contributed by atoms with Crippen molar-refractivity contribution in [2.24, 2.45) is 0 Å². The van der Waals surface area contributed by atoms with Gasteiger partial charge in [0.1, 0.15) is 0 Å². The first-order valence-electron chi connectivity index (χ1n) is 8.43. The number of carbonyl (C=O) groups is 1. The van der Waals surface area contributed by atoms with Crippen LogP contribution in [0.2, 0.25) is 0 Å². The fourth-order valence-corrected chi connectivity index (χ4v) is 4.32. The molecule has 26 heavy (non-hydrogen) atoms. The molecule has 0 aliphatic carbocycles. The number of rotatable bonds is 4. The van der Waals surface area contributed by atoms with Crippen molar-refractivity contribution in [3.8, 4) is 0 Å². The van der Waals surface area contributed by atoms with Gasteiger partial charge in [0.25, 0.3) is 5.91 Å². The van der Waals surface area contributed by atoms with Gasteiger partial charge in [0.2, 0.25) is 0 Å². The van der Waals surface area contributed by atoms with Gasteiger partial charge < -0.3 is 10.2 Å². The zero-order chi connectivity index (χ0) is 17.7. The van der Waals surface area contributed by atoms with Crippen molar-refractivity contribution in [1.29, 1.82) is 0 Å². The van der Waals surface area contributed by atoms with E-state index in [0.29, 0.717) is 18.7 Å². The first-order valence-corrected chi connectivity index (χ1v) is 10.1. The van der Waals surface area contributed by atoms with Crippen molar-refractivity contribution in [1.82, 2.24) is 10.2 Å². The van der Waals surface area contributed by atoms with E-state index in [2.05, 4.69) is 5.32 Å². The van der Waals surface area contributed by atoms with Crippen LogP contribution in [0.5, 0.6) is 0 Å². The van der Waals surface area contributed by atoms with E-state index in [9.17, 15) is 13.2 Å². The molecule has 1 heterocycles. The van der Waals surface area contributed by atoms with E-state index in [-0.39, 0.29) is 29.0 Å². The molecule has 1 fully saturated rings. The van der Waals surface area contributed by atoms with E-state index in [0.717, 1.165) is 25.1 Å². The zero-order valence-corrected chi connectivity index (χ0v) is 16.1. The van der Waals surface area contributed by atoms with Gasteiger partial charge in [-0.05, 0) is 36.7 Å². The van der Waals surface area contributed by atoms with E-state index < -0.39 is 9.84 Å². The van der Waals surface area contributed by atoms with Gasteiger partial charge in [-0.15, -0.1) is 12.4 Å². The first-order chi connectivity index (χ1) is 12.1. The van der Waals surface area contributed by atoms with Gasteiger partial charge in [-0.2, -0.15) is 0 Å². The lowest BCUT2D eigenvalue weighted by Crippen LogP contribution is -2.34. The molecule has 2 aromatic carbocycles. The van der Waals surface area contributed by atoms with E-state index in [1.807, 2.05) is 18.2 Å². The Labute approximate surface area is 160 Å². The van der Waals surface area contributed by atoms with Crippen molar-refractivity contribution < 1.29 is 13.2 Å². The van der Waals surface area contributed by atoms with Crippen LogP contribution < -0.4 is 5.32 Å². The Morgan fingerprint density at radius 2 is 1.77 bits per heavy atom. The summed E-state index contributed by atoms with van der Waals surface area (Å²) < 4.78 is 25.3. The molecule has 1 aliphatic heterocycles. The molecule has 0 unspecified atom stereocenters. The highest BCUT2D eigenvalue weighted by Crippen LogP contribution is 2.19. The van der Waals surface area contributed by atoms with Gasteiger partial charge in [0.15, 0.2) is 9.84 Å². The summed E-state index contributed by atoms with van der Waals surface area (Å²) in [7, 11) is -3.49. The van der Waals surface area contributed by atoms with Crippen LogP contribution in [0.1, 0.15) is 22.3 Å². The third-order valence-corrected chi connectivity index (χ3v) is 5.95. The average Bonchev–Trinajstić information content (AvgIpc) is 2.91. The number of halogens is 1. The second-order valence-corrected chi connectivity index (χ2v) is 8.16. The van der Waals surface area contributed by atoms with Crippen LogP contribution in [0.3, 0.4) is 0 Å². The van der Waals surface area contributed by atoms with Crippen molar-refractivity contribution >= 4 is 28.2 Å². The lowest BCUT2D eigenvalue weighted by Gasteiger charge is -2.20. The number of nitrogens with one attached hydrogen (secondary N) is 1. The van der Waals surface area contributed by atoms with Crippen LogP contribution in [0.4, 0.5) is 0 Å². The topological polar surface area (TPSA) is 66.5 Å². The summed E-state index contributed by atoms with van der Waals surface area (Å²) in [4.78, 5) is 14.7. The van der Waals surface area contributed by atoms with E-state index in [4.69, 9.17) is 0 Å². The predicted octanol–water partition coefficient (Wildman–Crippen LogP) is 2.52. The van der Waals surface area contributed by atoms with Crippen LogP contribution >= 0.6 is 12.4 Å². The van der Waals surface area contributed by atoms with Gasteiger partial charge in [-0.25, -0.2) is 8.42 Å². The SMILES string of the molecule is Cl.O=C(c1cccc(S(=O)(=O)Cc2ccccc2)c1)N1CCCNCC1. The molecule has 1 N–H and O–H groups in total. The number of amides is 1. The Hall–Kier alpha value is -1.89. The van der Waals surface area contributed by atoms with Gasteiger partial charge in [-0.1, -0.05) is 36.4 Å². The monoisotopic (exact) mass is 394 g/mol. The van der Waals surface area contributed by atoms with E-state index in [1.54, 1.807) is 35.2 Å². The second kappa shape index (κ2) is 9.16. The molecule has 140 valence electrons. The average molecular weight is 395 g/mol. The molecule has 0 atom stereocenters. The quantitative estimate of drug-likeness (QED) is 0.865. The van der Waals surface area contributed by atoms with Crippen molar-refractivity contribution in [3.05, 3.63) is 65.7 Å². The van der Waals surface area contributed by atoms with Crippen LogP contribution in [-0.2, 0) is 15.6 Å². The van der Waals surface area contributed by atoms with Gasteiger partial charge in [0, 0.05) is 25.2 Å².